The van der Waals surface area contributed by atoms with Crippen LogP contribution in [0.5, 0.6) is 0 Å². The number of piperidine rings is 1. The van der Waals surface area contributed by atoms with E-state index in [4.69, 9.17) is 5.73 Å². The van der Waals surface area contributed by atoms with Crippen molar-refractivity contribution in [3.05, 3.63) is 30.1 Å². The molecule has 8 heteroatoms. The second-order valence-corrected chi connectivity index (χ2v) is 8.14. The van der Waals surface area contributed by atoms with Gasteiger partial charge in [0.05, 0.1) is 0 Å². The van der Waals surface area contributed by atoms with Crippen LogP contribution in [0.1, 0.15) is 26.7 Å². The van der Waals surface area contributed by atoms with Gasteiger partial charge in [-0.3, -0.25) is 4.79 Å². The van der Waals surface area contributed by atoms with Crippen LogP contribution in [-0.4, -0.2) is 44.4 Å². The highest BCUT2D eigenvalue weighted by molar-refractivity contribution is 7.89. The van der Waals surface area contributed by atoms with Gasteiger partial charge in [0.25, 0.3) is 0 Å². The van der Waals surface area contributed by atoms with Gasteiger partial charge in [-0.2, -0.15) is 4.72 Å². The lowest BCUT2D eigenvalue weighted by Gasteiger charge is -2.34. The zero-order valence-corrected chi connectivity index (χ0v) is 14.7. The molecule has 0 saturated carbocycles. The molecular formula is C16H24FN3O3S. The lowest BCUT2D eigenvalue weighted by atomic mass is 10.0. The second-order valence-electron chi connectivity index (χ2n) is 6.46. The Hall–Kier alpha value is -1.51. The minimum atomic E-state index is -4.14. The minimum absolute atomic E-state index is 0.0984. The minimum Gasteiger partial charge on any atom is -0.340 e. The van der Waals surface area contributed by atoms with Gasteiger partial charge >= 0.3 is 0 Å². The molecule has 3 N–H and O–H groups in total. The monoisotopic (exact) mass is 357 g/mol. The van der Waals surface area contributed by atoms with Crippen molar-refractivity contribution in [2.24, 2.45) is 11.7 Å². The number of sulfonamides is 1. The Bertz CT molecular complexity index is 694. The van der Waals surface area contributed by atoms with Gasteiger partial charge in [0.15, 0.2) is 0 Å². The molecule has 0 radical (unpaired) electrons. The molecule has 1 amide bonds. The number of carbonyl (C=O) groups is 1. The van der Waals surface area contributed by atoms with E-state index in [-0.39, 0.29) is 17.9 Å². The summed E-state index contributed by atoms with van der Waals surface area (Å²) in [5, 5.41) is 0. The van der Waals surface area contributed by atoms with Crippen LogP contribution in [0.3, 0.4) is 0 Å². The largest absolute Gasteiger partial charge is 0.340 e. The van der Waals surface area contributed by atoms with E-state index in [0.29, 0.717) is 13.1 Å². The molecule has 1 saturated heterocycles. The van der Waals surface area contributed by atoms with Gasteiger partial charge in [0.2, 0.25) is 15.9 Å². The van der Waals surface area contributed by atoms with Crippen LogP contribution in [-0.2, 0) is 14.8 Å². The molecule has 0 aromatic heterocycles. The van der Waals surface area contributed by atoms with Crippen LogP contribution in [0, 0.1) is 11.7 Å². The molecule has 2 unspecified atom stereocenters. The maximum Gasteiger partial charge on any atom is 0.244 e. The molecule has 24 heavy (non-hydrogen) atoms. The molecule has 6 nitrogen and oxygen atoms in total. The van der Waals surface area contributed by atoms with E-state index in [1.54, 1.807) is 18.7 Å². The van der Waals surface area contributed by atoms with E-state index < -0.39 is 26.8 Å². The summed E-state index contributed by atoms with van der Waals surface area (Å²) in [5.41, 5.74) is 5.90. The Labute approximate surface area is 142 Å². The fraction of sp³-hybridized carbons (Fsp3) is 0.562. The number of hydrogen-bond acceptors (Lipinski definition) is 4. The van der Waals surface area contributed by atoms with Crippen molar-refractivity contribution < 1.29 is 17.6 Å². The highest BCUT2D eigenvalue weighted by Crippen LogP contribution is 2.18. The molecule has 1 aliphatic rings. The van der Waals surface area contributed by atoms with Gasteiger partial charge in [-0.1, -0.05) is 26.0 Å². The third-order valence-electron chi connectivity index (χ3n) is 4.11. The fourth-order valence-corrected chi connectivity index (χ4v) is 4.19. The summed E-state index contributed by atoms with van der Waals surface area (Å²) in [7, 11) is -4.14. The molecule has 1 heterocycles. The predicted molar refractivity (Wildman–Crippen MR) is 89.1 cm³/mol. The van der Waals surface area contributed by atoms with Crippen LogP contribution in [0.4, 0.5) is 4.39 Å². The Kier molecular flexibility index (Phi) is 5.95. The number of likely N-dealkylation sites (tertiary alicyclic amines) is 1. The summed E-state index contributed by atoms with van der Waals surface area (Å²) in [4.78, 5) is 13.9. The SMILES string of the molecule is CC(C)C(NS(=O)(=O)c1ccccc1F)C(=O)N1CCCC(N)C1. The number of carbonyl (C=O) groups excluding carboxylic acids is 1. The summed E-state index contributed by atoms with van der Waals surface area (Å²) in [6, 6.07) is 4.04. The van der Waals surface area contributed by atoms with Crippen LogP contribution < -0.4 is 10.5 Å². The molecule has 1 aromatic rings. The van der Waals surface area contributed by atoms with E-state index in [1.807, 2.05) is 0 Å². The number of benzene rings is 1. The first-order valence-corrected chi connectivity index (χ1v) is 9.52. The first-order chi connectivity index (χ1) is 11.2. The molecule has 2 rings (SSSR count). The maximum atomic E-state index is 13.8. The number of halogens is 1. The zero-order valence-electron chi connectivity index (χ0n) is 13.9. The Morgan fingerprint density at radius 2 is 2.04 bits per heavy atom. The standard InChI is InChI=1S/C16H24FN3O3S/c1-11(2)15(16(21)20-9-5-6-12(18)10-20)19-24(22,23)14-8-4-3-7-13(14)17/h3-4,7-8,11-12,15,19H,5-6,9-10,18H2,1-2H3. The zero-order chi connectivity index (χ0) is 17.9. The highest BCUT2D eigenvalue weighted by Gasteiger charge is 2.34. The first-order valence-electron chi connectivity index (χ1n) is 8.03. The molecule has 134 valence electrons. The molecule has 1 aromatic carbocycles. The molecule has 0 spiro atoms. The number of amides is 1. The normalized spacial score (nSPS) is 20.2. The quantitative estimate of drug-likeness (QED) is 0.825. The van der Waals surface area contributed by atoms with Crippen molar-refractivity contribution in [2.75, 3.05) is 13.1 Å². The van der Waals surface area contributed by atoms with Crippen molar-refractivity contribution in [3.8, 4) is 0 Å². The van der Waals surface area contributed by atoms with E-state index in [1.165, 1.54) is 18.2 Å². The van der Waals surface area contributed by atoms with Crippen LogP contribution in [0.2, 0.25) is 0 Å². The third-order valence-corrected chi connectivity index (χ3v) is 5.58. The maximum absolute atomic E-state index is 13.8. The molecule has 0 bridgehead atoms. The summed E-state index contributed by atoms with van der Waals surface area (Å²) in [6.45, 7) is 4.45. The van der Waals surface area contributed by atoms with Gasteiger partial charge < -0.3 is 10.6 Å². The topological polar surface area (TPSA) is 92.5 Å². The van der Waals surface area contributed by atoms with Gasteiger partial charge in [0.1, 0.15) is 16.8 Å². The third kappa shape index (κ3) is 4.31. The van der Waals surface area contributed by atoms with Crippen LogP contribution >= 0.6 is 0 Å². The summed E-state index contributed by atoms with van der Waals surface area (Å²) >= 11 is 0. The number of hydrogen-bond donors (Lipinski definition) is 2. The van der Waals surface area contributed by atoms with Crippen molar-refractivity contribution in [1.29, 1.82) is 0 Å². The van der Waals surface area contributed by atoms with E-state index in [0.717, 1.165) is 18.9 Å². The Morgan fingerprint density at radius 1 is 1.38 bits per heavy atom. The highest BCUT2D eigenvalue weighted by atomic mass is 32.2. The Morgan fingerprint density at radius 3 is 2.62 bits per heavy atom. The van der Waals surface area contributed by atoms with Crippen LogP contribution in [0.15, 0.2) is 29.2 Å². The molecule has 1 fully saturated rings. The molecular weight excluding hydrogens is 333 g/mol. The number of nitrogens with one attached hydrogen (secondary N) is 1. The summed E-state index contributed by atoms with van der Waals surface area (Å²) < 4.78 is 41.1. The smallest absolute Gasteiger partial charge is 0.244 e. The summed E-state index contributed by atoms with van der Waals surface area (Å²) in [5.74, 6) is -1.45. The van der Waals surface area contributed by atoms with Crippen molar-refractivity contribution >= 4 is 15.9 Å². The average Bonchev–Trinajstić information content (AvgIpc) is 2.52. The lowest BCUT2D eigenvalue weighted by molar-refractivity contribution is -0.135. The fourth-order valence-electron chi connectivity index (χ4n) is 2.77. The van der Waals surface area contributed by atoms with Gasteiger partial charge in [-0.05, 0) is 30.9 Å². The second kappa shape index (κ2) is 7.58. The molecule has 2 atom stereocenters. The van der Waals surface area contributed by atoms with Crippen molar-refractivity contribution in [2.45, 2.75) is 43.7 Å². The van der Waals surface area contributed by atoms with Gasteiger partial charge in [-0.25, -0.2) is 12.8 Å². The van der Waals surface area contributed by atoms with E-state index in [2.05, 4.69) is 4.72 Å². The van der Waals surface area contributed by atoms with Gasteiger partial charge in [-0.15, -0.1) is 0 Å². The van der Waals surface area contributed by atoms with E-state index >= 15 is 0 Å². The molecule has 0 aliphatic carbocycles. The van der Waals surface area contributed by atoms with E-state index in [9.17, 15) is 17.6 Å². The predicted octanol–water partition coefficient (Wildman–Crippen LogP) is 1.08. The number of rotatable bonds is 5. The summed E-state index contributed by atoms with van der Waals surface area (Å²) in [6.07, 6.45) is 1.63. The van der Waals surface area contributed by atoms with Crippen molar-refractivity contribution in [3.63, 3.8) is 0 Å². The molecule has 1 aliphatic heterocycles. The number of nitrogens with zero attached hydrogens (tertiary/aromatic N) is 1. The van der Waals surface area contributed by atoms with Crippen molar-refractivity contribution in [1.82, 2.24) is 9.62 Å². The average molecular weight is 357 g/mol. The number of nitrogens with two attached hydrogens (primary N) is 1. The lowest BCUT2D eigenvalue weighted by Crippen LogP contribution is -2.55. The first kappa shape index (κ1) is 18.8. The van der Waals surface area contributed by atoms with Crippen LogP contribution in [0.25, 0.3) is 0 Å². The van der Waals surface area contributed by atoms with Gasteiger partial charge in [0, 0.05) is 19.1 Å². The Balaban J connectivity index is 2.22.